The molecule has 0 spiro atoms. The van der Waals surface area contributed by atoms with E-state index in [4.69, 9.17) is 0 Å². The second kappa shape index (κ2) is 3.53. The van der Waals surface area contributed by atoms with Crippen molar-refractivity contribution in [3.63, 3.8) is 0 Å². The molecule has 46 valence electrons. The Morgan fingerprint density at radius 3 is 2.25 bits per heavy atom. The number of carbonyl (C=O) groups is 1. The number of hydrogen-bond acceptors (Lipinski definition) is 1. The van der Waals surface area contributed by atoms with Crippen molar-refractivity contribution in [2.24, 2.45) is 0 Å². The van der Waals surface area contributed by atoms with Gasteiger partial charge in [-0.25, -0.2) is 0 Å². The second-order valence-corrected chi connectivity index (χ2v) is 2.33. The van der Waals surface area contributed by atoms with Crippen LogP contribution in [0.3, 0.4) is 0 Å². The van der Waals surface area contributed by atoms with Gasteiger partial charge in [0, 0.05) is 6.92 Å². The molecule has 0 saturated heterocycles. The van der Waals surface area contributed by atoms with Crippen LogP contribution < -0.4 is 5.23 Å². The van der Waals surface area contributed by atoms with Gasteiger partial charge in [-0.3, -0.25) is 4.79 Å². The summed E-state index contributed by atoms with van der Waals surface area (Å²) >= 11 is 0. The summed E-state index contributed by atoms with van der Waals surface area (Å²) in [5, 5.41) is 2.71. The van der Waals surface area contributed by atoms with Crippen LogP contribution in [0.15, 0.2) is 0 Å². The molecule has 8 heavy (non-hydrogen) atoms. The SMILES string of the molecule is CC(=O)NBC(C)C. The van der Waals surface area contributed by atoms with Crippen LogP contribution >= 0.6 is 0 Å². The van der Waals surface area contributed by atoms with Gasteiger partial charge in [0.1, 0.15) is 0 Å². The largest absolute Gasteiger partial charge is 0.402 e. The summed E-state index contributed by atoms with van der Waals surface area (Å²) in [6.45, 7) is 5.66. The van der Waals surface area contributed by atoms with Crippen LogP contribution in [-0.4, -0.2) is 13.3 Å². The monoisotopic (exact) mass is 113 g/mol. The van der Waals surface area contributed by atoms with E-state index >= 15 is 0 Å². The molecule has 1 amide bonds. The number of nitrogens with one attached hydrogen (secondary N) is 1. The Balaban J connectivity index is 3.05. The molecule has 3 heteroatoms. The fourth-order valence-electron chi connectivity index (χ4n) is 0.348. The highest BCUT2D eigenvalue weighted by molar-refractivity contribution is 6.38. The quantitative estimate of drug-likeness (QED) is 0.512. The van der Waals surface area contributed by atoms with E-state index < -0.39 is 0 Å². The Bertz CT molecular complexity index is 82.5. The van der Waals surface area contributed by atoms with Crippen molar-refractivity contribution >= 4 is 13.3 Å². The lowest BCUT2D eigenvalue weighted by atomic mass is 9.79. The fraction of sp³-hybridized carbons (Fsp3) is 0.800. The molecule has 0 atom stereocenters. The van der Waals surface area contributed by atoms with Gasteiger partial charge in [0.25, 0.3) is 0 Å². The third-order valence-electron chi connectivity index (χ3n) is 0.759. The minimum atomic E-state index is 0.0544. The van der Waals surface area contributed by atoms with E-state index in [1.54, 1.807) is 0 Å². The third-order valence-corrected chi connectivity index (χ3v) is 0.759. The van der Waals surface area contributed by atoms with Crippen LogP contribution in [-0.2, 0) is 4.79 Å². The fourth-order valence-corrected chi connectivity index (χ4v) is 0.348. The van der Waals surface area contributed by atoms with Crippen LogP contribution in [0.1, 0.15) is 20.8 Å². The predicted octanol–water partition coefficient (Wildman–Crippen LogP) is 0.302. The van der Waals surface area contributed by atoms with Gasteiger partial charge < -0.3 is 5.23 Å². The number of carbonyl (C=O) groups excluding carboxylic acids is 1. The standard InChI is InChI=1S/C5H12BNO/c1-4(2)6-7-5(3)8/h4,6H,1-3H3,(H,7,8). The summed E-state index contributed by atoms with van der Waals surface area (Å²) in [5.74, 6) is 0.609. The second-order valence-electron chi connectivity index (χ2n) is 2.33. The summed E-state index contributed by atoms with van der Waals surface area (Å²) in [6.07, 6.45) is 0. The highest BCUT2D eigenvalue weighted by Gasteiger charge is 1.96. The molecule has 0 heterocycles. The lowest BCUT2D eigenvalue weighted by Gasteiger charge is -1.99. The molecule has 0 bridgehead atoms. The molecule has 0 aliphatic rings. The first-order valence-corrected chi connectivity index (χ1v) is 2.87. The van der Waals surface area contributed by atoms with E-state index in [0.717, 1.165) is 7.41 Å². The molecule has 0 rings (SSSR count). The van der Waals surface area contributed by atoms with Crippen molar-refractivity contribution in [3.05, 3.63) is 0 Å². The van der Waals surface area contributed by atoms with Gasteiger partial charge in [-0.05, 0) is 0 Å². The Hall–Kier alpha value is -0.465. The minimum Gasteiger partial charge on any atom is -0.402 e. The van der Waals surface area contributed by atoms with E-state index in [1.807, 2.05) is 0 Å². The van der Waals surface area contributed by atoms with Gasteiger partial charge >= 0.3 is 0 Å². The summed E-state index contributed by atoms with van der Waals surface area (Å²) in [5.41, 5.74) is 0. The predicted molar refractivity (Wildman–Crippen MR) is 36.1 cm³/mol. The van der Waals surface area contributed by atoms with Crippen LogP contribution in [0.4, 0.5) is 0 Å². The van der Waals surface area contributed by atoms with E-state index in [9.17, 15) is 4.79 Å². The minimum absolute atomic E-state index is 0.0544. The van der Waals surface area contributed by atoms with Gasteiger partial charge in [0.2, 0.25) is 13.3 Å². The molecule has 2 nitrogen and oxygen atoms in total. The average Bonchev–Trinajstić information content (AvgIpc) is 1.61. The number of hydrogen-bond donors (Lipinski definition) is 1. The first-order valence-electron chi connectivity index (χ1n) is 2.87. The number of amides is 1. The summed E-state index contributed by atoms with van der Waals surface area (Å²) in [4.78, 5) is 10.2. The lowest BCUT2D eigenvalue weighted by Crippen LogP contribution is -2.26. The molecule has 0 aromatic carbocycles. The van der Waals surface area contributed by atoms with Crippen LogP contribution in [0.25, 0.3) is 0 Å². The van der Waals surface area contributed by atoms with Gasteiger partial charge in [0.05, 0.1) is 0 Å². The van der Waals surface area contributed by atoms with E-state index in [-0.39, 0.29) is 5.91 Å². The number of rotatable bonds is 2. The van der Waals surface area contributed by atoms with Crippen molar-refractivity contribution < 1.29 is 4.79 Å². The Labute approximate surface area is 50.9 Å². The first-order chi connectivity index (χ1) is 3.63. The van der Waals surface area contributed by atoms with Gasteiger partial charge in [-0.2, -0.15) is 0 Å². The van der Waals surface area contributed by atoms with Crippen molar-refractivity contribution in [3.8, 4) is 0 Å². The lowest BCUT2D eigenvalue weighted by molar-refractivity contribution is -0.117. The van der Waals surface area contributed by atoms with Crippen molar-refractivity contribution in [1.29, 1.82) is 0 Å². The molecule has 0 saturated carbocycles. The zero-order chi connectivity index (χ0) is 6.57. The van der Waals surface area contributed by atoms with E-state index in [2.05, 4.69) is 19.1 Å². The third kappa shape index (κ3) is 5.53. The normalized spacial score (nSPS) is 9.00. The van der Waals surface area contributed by atoms with Gasteiger partial charge in [0.15, 0.2) is 0 Å². The highest BCUT2D eigenvalue weighted by atomic mass is 16.1. The smallest absolute Gasteiger partial charge is 0.238 e. The first kappa shape index (κ1) is 7.53. The van der Waals surface area contributed by atoms with E-state index in [0.29, 0.717) is 5.82 Å². The average molecular weight is 113 g/mol. The van der Waals surface area contributed by atoms with Gasteiger partial charge in [-0.1, -0.05) is 19.7 Å². The topological polar surface area (TPSA) is 29.1 Å². The van der Waals surface area contributed by atoms with Crippen LogP contribution in [0.5, 0.6) is 0 Å². The molecule has 0 aromatic heterocycles. The van der Waals surface area contributed by atoms with Crippen molar-refractivity contribution in [2.45, 2.75) is 26.6 Å². The maximum atomic E-state index is 10.2. The molecule has 0 aliphatic carbocycles. The van der Waals surface area contributed by atoms with Gasteiger partial charge in [-0.15, -0.1) is 0 Å². The summed E-state index contributed by atoms with van der Waals surface area (Å²) in [6, 6.07) is 0. The van der Waals surface area contributed by atoms with Crippen LogP contribution in [0, 0.1) is 0 Å². The molecular formula is C5H12BNO. The Morgan fingerprint density at radius 2 is 2.12 bits per heavy atom. The Kier molecular flexibility index (Phi) is 3.32. The zero-order valence-electron chi connectivity index (χ0n) is 5.69. The molecule has 0 radical (unpaired) electrons. The molecular weight excluding hydrogens is 101 g/mol. The van der Waals surface area contributed by atoms with Crippen molar-refractivity contribution in [2.75, 3.05) is 0 Å². The summed E-state index contributed by atoms with van der Waals surface area (Å²) < 4.78 is 0. The molecule has 0 aromatic rings. The molecule has 0 aliphatic heterocycles. The molecule has 0 fully saturated rings. The van der Waals surface area contributed by atoms with Crippen molar-refractivity contribution in [1.82, 2.24) is 5.23 Å². The maximum absolute atomic E-state index is 10.2. The highest BCUT2D eigenvalue weighted by Crippen LogP contribution is 1.91. The summed E-state index contributed by atoms with van der Waals surface area (Å²) in [7, 11) is 0.787. The zero-order valence-corrected chi connectivity index (χ0v) is 5.69. The molecule has 1 N–H and O–H groups in total. The Morgan fingerprint density at radius 1 is 1.62 bits per heavy atom. The molecule has 0 unspecified atom stereocenters. The maximum Gasteiger partial charge on any atom is 0.238 e. The van der Waals surface area contributed by atoms with Crippen LogP contribution in [0.2, 0.25) is 5.82 Å². The van der Waals surface area contributed by atoms with E-state index in [1.165, 1.54) is 6.92 Å².